The van der Waals surface area contributed by atoms with Gasteiger partial charge in [-0.2, -0.15) is 0 Å². The van der Waals surface area contributed by atoms with E-state index < -0.39 is 5.60 Å². The van der Waals surface area contributed by atoms with Gasteiger partial charge in [0, 0.05) is 25.8 Å². The van der Waals surface area contributed by atoms with Gasteiger partial charge in [0.2, 0.25) is 0 Å². The molecule has 1 heterocycles. The molecule has 0 aromatic carbocycles. The van der Waals surface area contributed by atoms with Crippen LogP contribution in [0.2, 0.25) is 0 Å². The largest absolute Gasteiger partial charge is 0.389 e. The van der Waals surface area contributed by atoms with Gasteiger partial charge in [0.1, 0.15) is 0 Å². The quantitative estimate of drug-likeness (QED) is 0.778. The van der Waals surface area contributed by atoms with Crippen molar-refractivity contribution in [1.29, 1.82) is 0 Å². The monoisotopic (exact) mass is 237 g/mol. The zero-order valence-electron chi connectivity index (χ0n) is 11.0. The zero-order valence-corrected chi connectivity index (χ0v) is 11.0. The number of pyridine rings is 1. The normalized spacial score (nSPS) is 12.1. The summed E-state index contributed by atoms with van der Waals surface area (Å²) in [5.41, 5.74) is 6.99. The van der Waals surface area contributed by atoms with Crippen molar-refractivity contribution < 1.29 is 5.11 Å². The minimum Gasteiger partial charge on any atom is -0.389 e. The molecule has 0 saturated heterocycles. The molecular formula is C13H23N3O. The molecule has 0 aliphatic heterocycles. The molecule has 3 N–H and O–H groups in total. The lowest BCUT2D eigenvalue weighted by atomic mass is 10.1. The van der Waals surface area contributed by atoms with Crippen molar-refractivity contribution in [3.8, 4) is 0 Å². The number of likely N-dealkylation sites (N-methyl/N-ethyl adjacent to an activating group) is 1. The molecule has 0 radical (unpaired) electrons. The van der Waals surface area contributed by atoms with Crippen molar-refractivity contribution in [3.63, 3.8) is 0 Å². The van der Waals surface area contributed by atoms with Gasteiger partial charge in [0.25, 0.3) is 0 Å². The maximum atomic E-state index is 9.82. The van der Waals surface area contributed by atoms with Crippen LogP contribution in [0.15, 0.2) is 18.3 Å². The molecule has 1 aromatic rings. The Morgan fingerprint density at radius 1 is 1.47 bits per heavy atom. The van der Waals surface area contributed by atoms with Crippen molar-refractivity contribution in [2.45, 2.75) is 39.5 Å². The van der Waals surface area contributed by atoms with Gasteiger partial charge in [-0.3, -0.25) is 9.88 Å². The summed E-state index contributed by atoms with van der Waals surface area (Å²) < 4.78 is 0. The lowest BCUT2D eigenvalue weighted by molar-refractivity contribution is 0.0353. The number of aromatic nitrogens is 1. The van der Waals surface area contributed by atoms with E-state index in [9.17, 15) is 5.11 Å². The summed E-state index contributed by atoms with van der Waals surface area (Å²) in [6.07, 6.45) is 1.79. The average Bonchev–Trinajstić information content (AvgIpc) is 2.26. The van der Waals surface area contributed by atoms with Crippen molar-refractivity contribution in [2.24, 2.45) is 5.73 Å². The predicted octanol–water partition coefficient (Wildman–Crippen LogP) is 1.13. The molecule has 4 heteroatoms. The number of hydrogen-bond acceptors (Lipinski definition) is 4. The molecule has 0 unspecified atom stereocenters. The van der Waals surface area contributed by atoms with Gasteiger partial charge in [-0.1, -0.05) is 6.92 Å². The van der Waals surface area contributed by atoms with Gasteiger partial charge in [0.05, 0.1) is 11.3 Å². The van der Waals surface area contributed by atoms with Crippen LogP contribution in [0.1, 0.15) is 32.0 Å². The van der Waals surface area contributed by atoms with Crippen LogP contribution in [0, 0.1) is 0 Å². The molecule has 0 atom stereocenters. The van der Waals surface area contributed by atoms with E-state index in [0.717, 1.165) is 18.8 Å². The second-order valence-electron chi connectivity index (χ2n) is 4.98. The molecule has 0 spiro atoms. The SMILES string of the molecule is CCN(Cc1ccnc(CN)c1)CC(C)(C)O. The minimum absolute atomic E-state index is 0.464. The fourth-order valence-electron chi connectivity index (χ4n) is 1.82. The number of hydrogen-bond donors (Lipinski definition) is 2. The first kappa shape index (κ1) is 14.1. The fraction of sp³-hybridized carbons (Fsp3) is 0.615. The van der Waals surface area contributed by atoms with E-state index in [0.29, 0.717) is 13.1 Å². The Balaban J connectivity index is 2.67. The van der Waals surface area contributed by atoms with Gasteiger partial charge < -0.3 is 10.8 Å². The highest BCUT2D eigenvalue weighted by Gasteiger charge is 2.17. The van der Waals surface area contributed by atoms with Crippen molar-refractivity contribution >= 4 is 0 Å². The van der Waals surface area contributed by atoms with Gasteiger partial charge in [-0.15, -0.1) is 0 Å². The second-order valence-corrected chi connectivity index (χ2v) is 4.98. The standard InChI is InChI=1S/C13H23N3O/c1-4-16(10-13(2,3)17)9-11-5-6-15-12(7-11)8-14/h5-7,17H,4,8-10,14H2,1-3H3. The van der Waals surface area contributed by atoms with Crippen LogP contribution in [-0.4, -0.2) is 33.7 Å². The average molecular weight is 237 g/mol. The van der Waals surface area contributed by atoms with Gasteiger partial charge >= 0.3 is 0 Å². The first-order valence-corrected chi connectivity index (χ1v) is 6.03. The van der Waals surface area contributed by atoms with E-state index in [1.807, 2.05) is 26.0 Å². The van der Waals surface area contributed by atoms with Crippen LogP contribution >= 0.6 is 0 Å². The lowest BCUT2D eigenvalue weighted by Gasteiger charge is -2.28. The highest BCUT2D eigenvalue weighted by atomic mass is 16.3. The van der Waals surface area contributed by atoms with Crippen LogP contribution in [0.5, 0.6) is 0 Å². The highest BCUT2D eigenvalue weighted by Crippen LogP contribution is 2.10. The molecule has 0 aliphatic rings. The molecule has 1 rings (SSSR count). The predicted molar refractivity (Wildman–Crippen MR) is 69.4 cm³/mol. The number of rotatable bonds is 6. The molecule has 0 fully saturated rings. The Morgan fingerprint density at radius 3 is 2.71 bits per heavy atom. The minimum atomic E-state index is -0.667. The summed E-state index contributed by atoms with van der Waals surface area (Å²) in [5, 5.41) is 9.82. The zero-order chi connectivity index (χ0) is 12.9. The summed E-state index contributed by atoms with van der Waals surface area (Å²) >= 11 is 0. The molecular weight excluding hydrogens is 214 g/mol. The summed E-state index contributed by atoms with van der Waals surface area (Å²) in [6, 6.07) is 4.01. The summed E-state index contributed by atoms with van der Waals surface area (Å²) in [7, 11) is 0. The van der Waals surface area contributed by atoms with Crippen LogP contribution in [0.3, 0.4) is 0 Å². The molecule has 17 heavy (non-hydrogen) atoms. The van der Waals surface area contributed by atoms with Crippen LogP contribution in [-0.2, 0) is 13.1 Å². The van der Waals surface area contributed by atoms with Gasteiger partial charge in [-0.05, 0) is 38.1 Å². The Kier molecular flexibility index (Phi) is 5.05. The highest BCUT2D eigenvalue weighted by molar-refractivity contribution is 5.16. The Hall–Kier alpha value is -0.970. The molecule has 0 aliphatic carbocycles. The maximum absolute atomic E-state index is 9.82. The first-order valence-electron chi connectivity index (χ1n) is 6.03. The molecule has 1 aromatic heterocycles. The van der Waals surface area contributed by atoms with Crippen molar-refractivity contribution in [1.82, 2.24) is 9.88 Å². The van der Waals surface area contributed by atoms with Gasteiger partial charge in [-0.25, -0.2) is 0 Å². The summed E-state index contributed by atoms with van der Waals surface area (Å²) in [5.74, 6) is 0. The molecule has 0 amide bonds. The molecule has 96 valence electrons. The first-order chi connectivity index (χ1) is 7.94. The molecule has 4 nitrogen and oxygen atoms in total. The van der Waals surface area contributed by atoms with Crippen molar-refractivity contribution in [2.75, 3.05) is 13.1 Å². The van der Waals surface area contributed by atoms with E-state index in [-0.39, 0.29) is 0 Å². The fourth-order valence-corrected chi connectivity index (χ4v) is 1.82. The van der Waals surface area contributed by atoms with E-state index in [4.69, 9.17) is 5.73 Å². The third-order valence-electron chi connectivity index (χ3n) is 2.55. The van der Waals surface area contributed by atoms with E-state index in [2.05, 4.69) is 16.8 Å². The van der Waals surface area contributed by atoms with E-state index >= 15 is 0 Å². The number of aliphatic hydroxyl groups is 1. The third kappa shape index (κ3) is 5.26. The smallest absolute Gasteiger partial charge is 0.0718 e. The topological polar surface area (TPSA) is 62.4 Å². The lowest BCUT2D eigenvalue weighted by Crippen LogP contribution is -2.38. The Morgan fingerprint density at radius 2 is 2.18 bits per heavy atom. The van der Waals surface area contributed by atoms with Crippen LogP contribution in [0.4, 0.5) is 0 Å². The molecule has 0 saturated carbocycles. The van der Waals surface area contributed by atoms with E-state index in [1.54, 1.807) is 6.20 Å². The molecule has 0 bridgehead atoms. The Bertz CT molecular complexity index is 347. The Labute approximate surface area is 103 Å². The van der Waals surface area contributed by atoms with Gasteiger partial charge in [0.15, 0.2) is 0 Å². The maximum Gasteiger partial charge on any atom is 0.0718 e. The number of nitrogens with two attached hydrogens (primary N) is 1. The van der Waals surface area contributed by atoms with Crippen molar-refractivity contribution in [3.05, 3.63) is 29.6 Å². The summed E-state index contributed by atoms with van der Waals surface area (Å²) in [4.78, 5) is 6.38. The second kappa shape index (κ2) is 6.10. The van der Waals surface area contributed by atoms with Crippen LogP contribution < -0.4 is 5.73 Å². The van der Waals surface area contributed by atoms with Crippen LogP contribution in [0.25, 0.3) is 0 Å². The number of nitrogens with zero attached hydrogens (tertiary/aromatic N) is 2. The summed E-state index contributed by atoms with van der Waals surface area (Å²) in [6.45, 7) is 8.59. The van der Waals surface area contributed by atoms with E-state index in [1.165, 1.54) is 5.56 Å². The third-order valence-corrected chi connectivity index (χ3v) is 2.55.